The molecular weight excluding hydrogens is 325 g/mol. The zero-order valence-corrected chi connectivity index (χ0v) is 15.0. The largest absolute Gasteiger partial charge is 0.497 e. The van der Waals surface area contributed by atoms with Crippen LogP contribution < -0.4 is 10.1 Å². The van der Waals surface area contributed by atoms with Crippen molar-refractivity contribution in [2.75, 3.05) is 33.3 Å². The van der Waals surface area contributed by atoms with Gasteiger partial charge in [-0.3, -0.25) is 14.5 Å². The molecule has 0 saturated carbocycles. The molecular formula is C18H26FN3O3. The van der Waals surface area contributed by atoms with Crippen LogP contribution in [0.5, 0.6) is 5.75 Å². The molecule has 0 bridgehead atoms. The van der Waals surface area contributed by atoms with Crippen molar-refractivity contribution in [2.45, 2.75) is 32.9 Å². The first-order valence-electron chi connectivity index (χ1n) is 8.62. The van der Waals surface area contributed by atoms with E-state index in [0.717, 1.165) is 0 Å². The number of nitrogens with one attached hydrogen (secondary N) is 1. The summed E-state index contributed by atoms with van der Waals surface area (Å²) >= 11 is 0. The van der Waals surface area contributed by atoms with E-state index in [1.165, 1.54) is 13.2 Å². The average molecular weight is 351 g/mol. The highest BCUT2D eigenvalue weighted by Gasteiger charge is 2.32. The Morgan fingerprint density at radius 2 is 2.12 bits per heavy atom. The molecule has 1 atom stereocenters. The smallest absolute Gasteiger partial charge is 0.237 e. The second-order valence-corrected chi connectivity index (χ2v) is 6.00. The van der Waals surface area contributed by atoms with Crippen molar-refractivity contribution in [1.82, 2.24) is 15.1 Å². The van der Waals surface area contributed by atoms with Crippen LogP contribution in [-0.4, -0.2) is 60.9 Å². The van der Waals surface area contributed by atoms with E-state index in [-0.39, 0.29) is 30.6 Å². The molecule has 1 N–H and O–H groups in total. The van der Waals surface area contributed by atoms with E-state index in [0.29, 0.717) is 37.5 Å². The van der Waals surface area contributed by atoms with E-state index in [2.05, 4.69) is 5.32 Å². The van der Waals surface area contributed by atoms with Crippen molar-refractivity contribution >= 4 is 11.8 Å². The lowest BCUT2D eigenvalue weighted by Gasteiger charge is -2.35. The number of amides is 2. The van der Waals surface area contributed by atoms with E-state index in [9.17, 15) is 14.0 Å². The molecule has 6 nitrogen and oxygen atoms in total. The number of halogens is 1. The van der Waals surface area contributed by atoms with Crippen LogP contribution in [0.4, 0.5) is 4.39 Å². The minimum absolute atomic E-state index is 0.0627. The van der Waals surface area contributed by atoms with Crippen molar-refractivity contribution in [1.29, 1.82) is 0 Å². The van der Waals surface area contributed by atoms with Gasteiger partial charge in [-0.2, -0.15) is 0 Å². The van der Waals surface area contributed by atoms with E-state index in [1.807, 2.05) is 18.7 Å². The number of carbonyl (C=O) groups excluding carboxylic acids is 2. The molecule has 1 aromatic carbocycles. The van der Waals surface area contributed by atoms with Crippen LogP contribution in [0.25, 0.3) is 0 Å². The Labute approximate surface area is 147 Å². The van der Waals surface area contributed by atoms with Gasteiger partial charge in [-0.15, -0.1) is 0 Å². The number of methoxy groups -OCH3 is 1. The van der Waals surface area contributed by atoms with Crippen molar-refractivity contribution in [2.24, 2.45) is 0 Å². The zero-order valence-electron chi connectivity index (χ0n) is 15.0. The number of ether oxygens (including phenoxy) is 1. The first-order valence-corrected chi connectivity index (χ1v) is 8.62. The molecule has 1 heterocycles. The van der Waals surface area contributed by atoms with Gasteiger partial charge >= 0.3 is 0 Å². The molecule has 1 fully saturated rings. The van der Waals surface area contributed by atoms with Gasteiger partial charge in [0.25, 0.3) is 0 Å². The highest BCUT2D eigenvalue weighted by molar-refractivity contribution is 5.88. The Bertz CT molecular complexity index is 620. The molecule has 2 amide bonds. The third kappa shape index (κ3) is 4.69. The summed E-state index contributed by atoms with van der Waals surface area (Å²) in [4.78, 5) is 28.2. The first-order chi connectivity index (χ1) is 12.0. The number of benzene rings is 1. The van der Waals surface area contributed by atoms with Gasteiger partial charge in [0.2, 0.25) is 11.8 Å². The SMILES string of the molecule is CCN(CC)C(=O)CC1C(=O)NCCN1Cc1ccc(OC)cc1F. The predicted molar refractivity (Wildman–Crippen MR) is 92.7 cm³/mol. The fourth-order valence-electron chi connectivity index (χ4n) is 3.05. The maximum absolute atomic E-state index is 14.2. The standard InChI is InChI=1S/C18H26FN3O3/c1-4-21(5-2)17(23)11-16-18(24)20-8-9-22(16)12-13-6-7-14(25-3)10-15(13)19/h6-7,10,16H,4-5,8-9,11-12H2,1-3H3,(H,20,24). The number of piperazine rings is 1. The highest BCUT2D eigenvalue weighted by atomic mass is 19.1. The third-order valence-corrected chi connectivity index (χ3v) is 4.56. The van der Waals surface area contributed by atoms with Crippen molar-refractivity contribution < 1.29 is 18.7 Å². The van der Waals surface area contributed by atoms with E-state index in [4.69, 9.17) is 4.74 Å². The summed E-state index contributed by atoms with van der Waals surface area (Å²) in [7, 11) is 1.48. The molecule has 1 aliphatic heterocycles. The fourth-order valence-corrected chi connectivity index (χ4v) is 3.05. The van der Waals surface area contributed by atoms with Crippen LogP contribution >= 0.6 is 0 Å². The van der Waals surface area contributed by atoms with Crippen LogP contribution in [0.15, 0.2) is 18.2 Å². The minimum Gasteiger partial charge on any atom is -0.497 e. The number of rotatable bonds is 7. The molecule has 2 rings (SSSR count). The van der Waals surface area contributed by atoms with Crippen molar-refractivity contribution in [3.8, 4) is 5.75 Å². The Balaban J connectivity index is 2.13. The van der Waals surface area contributed by atoms with Gasteiger partial charge in [0.15, 0.2) is 0 Å². The van der Waals surface area contributed by atoms with Crippen LogP contribution in [0, 0.1) is 5.82 Å². The van der Waals surface area contributed by atoms with Crippen LogP contribution in [0.1, 0.15) is 25.8 Å². The molecule has 1 aromatic rings. The van der Waals surface area contributed by atoms with Crippen molar-refractivity contribution in [3.05, 3.63) is 29.6 Å². The van der Waals surface area contributed by atoms with Gasteiger partial charge in [0.1, 0.15) is 11.6 Å². The second kappa shape index (κ2) is 8.80. The zero-order chi connectivity index (χ0) is 18.4. The van der Waals surface area contributed by atoms with E-state index in [1.54, 1.807) is 17.0 Å². The lowest BCUT2D eigenvalue weighted by atomic mass is 10.1. The predicted octanol–water partition coefficient (Wildman–Crippen LogP) is 1.39. The summed E-state index contributed by atoms with van der Waals surface area (Å²) in [6.45, 7) is 6.38. The Morgan fingerprint density at radius 3 is 2.72 bits per heavy atom. The molecule has 25 heavy (non-hydrogen) atoms. The van der Waals surface area contributed by atoms with Crippen LogP contribution in [0.3, 0.4) is 0 Å². The summed E-state index contributed by atoms with van der Waals surface area (Å²) in [5.41, 5.74) is 0.482. The summed E-state index contributed by atoms with van der Waals surface area (Å²) in [5.74, 6) is -0.169. The van der Waals surface area contributed by atoms with Crippen LogP contribution in [0.2, 0.25) is 0 Å². The Hall–Kier alpha value is -2.15. The quantitative estimate of drug-likeness (QED) is 0.807. The molecule has 1 saturated heterocycles. The normalized spacial score (nSPS) is 17.9. The third-order valence-electron chi connectivity index (χ3n) is 4.56. The van der Waals surface area contributed by atoms with E-state index < -0.39 is 6.04 Å². The molecule has 0 aromatic heterocycles. The highest BCUT2D eigenvalue weighted by Crippen LogP contribution is 2.20. The summed E-state index contributed by atoms with van der Waals surface area (Å²) in [6, 6.07) is 4.10. The Kier molecular flexibility index (Phi) is 6.75. The van der Waals surface area contributed by atoms with Gasteiger partial charge in [0.05, 0.1) is 19.6 Å². The van der Waals surface area contributed by atoms with Crippen molar-refractivity contribution in [3.63, 3.8) is 0 Å². The first kappa shape index (κ1) is 19.2. The number of nitrogens with zero attached hydrogens (tertiary/aromatic N) is 2. The Morgan fingerprint density at radius 1 is 1.40 bits per heavy atom. The summed E-state index contributed by atoms with van der Waals surface area (Å²) in [6.07, 6.45) is 0.102. The fraction of sp³-hybridized carbons (Fsp3) is 0.556. The van der Waals surface area contributed by atoms with Gasteiger partial charge in [-0.1, -0.05) is 6.07 Å². The topological polar surface area (TPSA) is 61.9 Å². The second-order valence-electron chi connectivity index (χ2n) is 6.00. The van der Waals surface area contributed by atoms with Crippen LogP contribution in [-0.2, 0) is 16.1 Å². The molecule has 7 heteroatoms. The number of hydrogen-bond donors (Lipinski definition) is 1. The summed E-state index contributed by atoms with van der Waals surface area (Å²) < 4.78 is 19.2. The average Bonchev–Trinajstić information content (AvgIpc) is 2.60. The maximum atomic E-state index is 14.2. The lowest BCUT2D eigenvalue weighted by molar-refractivity contribution is -0.138. The van der Waals surface area contributed by atoms with Gasteiger partial charge in [-0.05, 0) is 19.9 Å². The van der Waals surface area contributed by atoms with E-state index >= 15 is 0 Å². The monoisotopic (exact) mass is 351 g/mol. The molecule has 0 aliphatic carbocycles. The number of hydrogen-bond acceptors (Lipinski definition) is 4. The maximum Gasteiger partial charge on any atom is 0.237 e. The molecule has 138 valence electrons. The summed E-state index contributed by atoms with van der Waals surface area (Å²) in [5, 5.41) is 2.80. The van der Waals surface area contributed by atoms with Gasteiger partial charge in [-0.25, -0.2) is 4.39 Å². The number of carbonyl (C=O) groups is 2. The molecule has 0 radical (unpaired) electrons. The molecule has 1 unspecified atom stereocenters. The molecule has 1 aliphatic rings. The van der Waals surface area contributed by atoms with Gasteiger partial charge < -0.3 is 15.0 Å². The molecule has 0 spiro atoms. The minimum atomic E-state index is -0.580. The van der Waals surface area contributed by atoms with Gasteiger partial charge in [0, 0.05) is 44.4 Å². The lowest BCUT2D eigenvalue weighted by Crippen LogP contribution is -2.56.